The Morgan fingerprint density at radius 3 is 2.42 bits per heavy atom. The zero-order valence-electron chi connectivity index (χ0n) is 14.3. The number of benzene rings is 2. The summed E-state index contributed by atoms with van der Waals surface area (Å²) in [5, 5.41) is 0. The molecule has 0 heterocycles. The zero-order valence-corrected chi connectivity index (χ0v) is 14.3. The van der Waals surface area contributed by atoms with E-state index in [1.54, 1.807) is 25.1 Å². The van der Waals surface area contributed by atoms with Crippen molar-refractivity contribution in [2.24, 2.45) is 0 Å². The molecule has 2 rings (SSSR count). The lowest BCUT2D eigenvalue weighted by Crippen LogP contribution is -2.47. The molecular formula is C19H22N2O3. The lowest BCUT2D eigenvalue weighted by atomic mass is 10.1. The maximum absolute atomic E-state index is 12.1. The van der Waals surface area contributed by atoms with E-state index >= 15 is 0 Å². The van der Waals surface area contributed by atoms with Gasteiger partial charge < -0.3 is 4.74 Å². The third-order valence-electron chi connectivity index (χ3n) is 3.81. The van der Waals surface area contributed by atoms with Gasteiger partial charge in [0, 0.05) is 5.56 Å². The first-order valence-corrected chi connectivity index (χ1v) is 7.78. The molecular weight excluding hydrogens is 304 g/mol. The molecule has 0 saturated carbocycles. The van der Waals surface area contributed by atoms with E-state index in [0.717, 1.165) is 16.7 Å². The zero-order chi connectivity index (χ0) is 17.7. The molecule has 0 aliphatic heterocycles. The summed E-state index contributed by atoms with van der Waals surface area (Å²) < 4.78 is 5.68. The van der Waals surface area contributed by atoms with Crippen LogP contribution in [0.1, 0.15) is 34.0 Å². The molecule has 2 aromatic carbocycles. The summed E-state index contributed by atoms with van der Waals surface area (Å²) in [6, 6.07) is 12.8. The third kappa shape index (κ3) is 4.35. The number of carbonyl (C=O) groups excluding carboxylic acids is 2. The van der Waals surface area contributed by atoms with Gasteiger partial charge in [0.2, 0.25) is 0 Å². The number of carbonyl (C=O) groups is 2. The number of hydrazine groups is 1. The van der Waals surface area contributed by atoms with Crippen molar-refractivity contribution in [1.82, 2.24) is 10.9 Å². The van der Waals surface area contributed by atoms with Gasteiger partial charge in [-0.1, -0.05) is 29.8 Å². The van der Waals surface area contributed by atoms with Crippen LogP contribution in [0.3, 0.4) is 0 Å². The predicted octanol–water partition coefficient (Wildman–Crippen LogP) is 2.84. The highest BCUT2D eigenvalue weighted by molar-refractivity contribution is 5.95. The highest BCUT2D eigenvalue weighted by atomic mass is 16.5. The van der Waals surface area contributed by atoms with Crippen molar-refractivity contribution in [3.05, 3.63) is 64.7 Å². The summed E-state index contributed by atoms with van der Waals surface area (Å²) in [6.45, 7) is 7.45. The summed E-state index contributed by atoms with van der Waals surface area (Å²) >= 11 is 0. The maximum Gasteiger partial charge on any atom is 0.279 e. The van der Waals surface area contributed by atoms with Crippen molar-refractivity contribution in [2.45, 2.75) is 33.8 Å². The van der Waals surface area contributed by atoms with Gasteiger partial charge in [-0.15, -0.1) is 0 Å². The summed E-state index contributed by atoms with van der Waals surface area (Å²) in [5.41, 5.74) is 8.33. The molecule has 0 aliphatic carbocycles. The molecule has 0 bridgehead atoms. The quantitative estimate of drug-likeness (QED) is 0.849. The molecule has 0 fully saturated rings. The highest BCUT2D eigenvalue weighted by Crippen LogP contribution is 2.21. The van der Waals surface area contributed by atoms with E-state index in [1.165, 1.54) is 0 Å². The molecule has 0 spiro atoms. The van der Waals surface area contributed by atoms with E-state index in [9.17, 15) is 9.59 Å². The predicted molar refractivity (Wildman–Crippen MR) is 92.8 cm³/mol. The topological polar surface area (TPSA) is 67.4 Å². The summed E-state index contributed by atoms with van der Waals surface area (Å²) in [6.07, 6.45) is -0.733. The van der Waals surface area contributed by atoms with Gasteiger partial charge in [-0.25, -0.2) is 0 Å². The van der Waals surface area contributed by atoms with E-state index in [2.05, 4.69) is 10.9 Å². The number of hydrogen-bond acceptors (Lipinski definition) is 3. The summed E-state index contributed by atoms with van der Waals surface area (Å²) in [4.78, 5) is 24.1. The second-order valence-electron chi connectivity index (χ2n) is 5.77. The lowest BCUT2D eigenvalue weighted by molar-refractivity contribution is -0.128. The van der Waals surface area contributed by atoms with Crippen molar-refractivity contribution in [2.75, 3.05) is 0 Å². The van der Waals surface area contributed by atoms with Crippen LogP contribution in [-0.2, 0) is 4.79 Å². The second kappa shape index (κ2) is 7.64. The van der Waals surface area contributed by atoms with Gasteiger partial charge >= 0.3 is 0 Å². The molecule has 5 nitrogen and oxygen atoms in total. The van der Waals surface area contributed by atoms with E-state index < -0.39 is 12.0 Å². The molecule has 0 aliphatic rings. The van der Waals surface area contributed by atoms with Crippen molar-refractivity contribution < 1.29 is 14.3 Å². The van der Waals surface area contributed by atoms with Gasteiger partial charge in [-0.2, -0.15) is 0 Å². The Morgan fingerprint density at radius 2 is 1.71 bits per heavy atom. The molecule has 2 amide bonds. The average Bonchev–Trinajstić information content (AvgIpc) is 2.56. The van der Waals surface area contributed by atoms with Gasteiger partial charge in [0.25, 0.3) is 11.8 Å². The maximum atomic E-state index is 12.1. The molecule has 5 heteroatoms. The van der Waals surface area contributed by atoms with E-state index in [-0.39, 0.29) is 5.91 Å². The van der Waals surface area contributed by atoms with Crippen molar-refractivity contribution >= 4 is 11.8 Å². The van der Waals surface area contributed by atoms with Gasteiger partial charge in [0.15, 0.2) is 6.10 Å². The van der Waals surface area contributed by atoms with Crippen LogP contribution in [0.4, 0.5) is 0 Å². The van der Waals surface area contributed by atoms with Crippen LogP contribution < -0.4 is 15.6 Å². The van der Waals surface area contributed by atoms with Crippen molar-refractivity contribution in [1.29, 1.82) is 0 Å². The van der Waals surface area contributed by atoms with Crippen molar-refractivity contribution in [3.63, 3.8) is 0 Å². The first-order chi connectivity index (χ1) is 11.4. The van der Waals surface area contributed by atoms with Crippen LogP contribution >= 0.6 is 0 Å². The normalized spacial score (nSPS) is 11.5. The molecule has 126 valence electrons. The van der Waals surface area contributed by atoms with Crippen LogP contribution in [-0.4, -0.2) is 17.9 Å². The monoisotopic (exact) mass is 326 g/mol. The fourth-order valence-electron chi connectivity index (χ4n) is 2.17. The van der Waals surface area contributed by atoms with Crippen LogP contribution in [0.5, 0.6) is 5.75 Å². The van der Waals surface area contributed by atoms with Crippen LogP contribution in [0.2, 0.25) is 0 Å². The van der Waals surface area contributed by atoms with Gasteiger partial charge in [-0.05, 0) is 57.0 Å². The Balaban J connectivity index is 1.92. The molecule has 2 N–H and O–H groups in total. The number of hydrogen-bond donors (Lipinski definition) is 2. The van der Waals surface area contributed by atoms with Crippen molar-refractivity contribution in [3.8, 4) is 5.75 Å². The Morgan fingerprint density at radius 1 is 1.00 bits per heavy atom. The third-order valence-corrected chi connectivity index (χ3v) is 3.81. The number of aryl methyl sites for hydroxylation is 2. The van der Waals surface area contributed by atoms with Crippen LogP contribution in [0.15, 0.2) is 42.5 Å². The van der Waals surface area contributed by atoms with Gasteiger partial charge in [0.05, 0.1) is 0 Å². The Bertz CT molecular complexity index is 756. The number of rotatable bonds is 4. The summed E-state index contributed by atoms with van der Waals surface area (Å²) in [5.74, 6) is -0.134. The molecule has 1 atom stereocenters. The van der Waals surface area contributed by atoms with Crippen LogP contribution in [0.25, 0.3) is 0 Å². The van der Waals surface area contributed by atoms with E-state index in [4.69, 9.17) is 4.74 Å². The standard InChI is InChI=1S/C19H22N2O3/c1-12-7-5-9-16(11-12)19(23)21-20-18(22)15(4)24-17-10-6-8-13(2)14(17)3/h5-11,15H,1-4H3,(H,20,22)(H,21,23)/t15-/m1/s1. The Hall–Kier alpha value is -2.82. The second-order valence-corrected chi connectivity index (χ2v) is 5.77. The minimum Gasteiger partial charge on any atom is -0.481 e. The summed E-state index contributed by atoms with van der Waals surface area (Å²) in [7, 11) is 0. The first kappa shape index (κ1) is 17.5. The lowest BCUT2D eigenvalue weighted by Gasteiger charge is -2.17. The Labute approximate surface area is 142 Å². The van der Waals surface area contributed by atoms with Crippen LogP contribution in [0, 0.1) is 20.8 Å². The number of ether oxygens (including phenoxy) is 1. The average molecular weight is 326 g/mol. The Kier molecular flexibility index (Phi) is 5.58. The first-order valence-electron chi connectivity index (χ1n) is 7.78. The minimum absolute atomic E-state index is 0.369. The molecule has 0 radical (unpaired) electrons. The molecule has 0 aromatic heterocycles. The minimum atomic E-state index is -0.733. The van der Waals surface area contributed by atoms with Gasteiger partial charge in [0.1, 0.15) is 5.75 Å². The molecule has 2 aromatic rings. The number of amides is 2. The smallest absolute Gasteiger partial charge is 0.279 e. The molecule has 24 heavy (non-hydrogen) atoms. The molecule has 0 saturated heterocycles. The highest BCUT2D eigenvalue weighted by Gasteiger charge is 2.17. The molecule has 0 unspecified atom stereocenters. The van der Waals surface area contributed by atoms with E-state index in [1.807, 2.05) is 45.0 Å². The number of nitrogens with one attached hydrogen (secondary N) is 2. The fourth-order valence-corrected chi connectivity index (χ4v) is 2.17. The van der Waals surface area contributed by atoms with E-state index in [0.29, 0.717) is 11.3 Å². The fraction of sp³-hybridized carbons (Fsp3) is 0.263. The SMILES string of the molecule is Cc1cccc(C(=O)NNC(=O)[C@@H](C)Oc2cccc(C)c2C)c1. The van der Waals surface area contributed by atoms with Gasteiger partial charge in [-0.3, -0.25) is 20.4 Å². The largest absolute Gasteiger partial charge is 0.481 e.